The number of aliphatic hydroxyl groups is 2. The number of halogens is 3. The van der Waals surface area contributed by atoms with Gasteiger partial charge in [-0.2, -0.15) is 5.10 Å². The van der Waals surface area contributed by atoms with Crippen LogP contribution >= 0.6 is 0 Å². The molecule has 3 aromatic rings. The van der Waals surface area contributed by atoms with Crippen LogP contribution in [0.3, 0.4) is 0 Å². The highest BCUT2D eigenvalue weighted by molar-refractivity contribution is 6.06. The maximum absolute atomic E-state index is 14.8. The van der Waals surface area contributed by atoms with E-state index in [4.69, 9.17) is 5.11 Å². The second kappa shape index (κ2) is 10.4. The van der Waals surface area contributed by atoms with E-state index in [-0.39, 0.29) is 29.7 Å². The van der Waals surface area contributed by atoms with E-state index >= 15 is 0 Å². The molecule has 0 bridgehead atoms. The molecule has 0 aliphatic carbocycles. The number of nitrogens with one attached hydrogen (secondary N) is 2. The van der Waals surface area contributed by atoms with Crippen molar-refractivity contribution in [3.8, 4) is 0 Å². The molecule has 0 aliphatic rings. The first-order valence-corrected chi connectivity index (χ1v) is 10.9. The Balaban J connectivity index is 1.96. The van der Waals surface area contributed by atoms with Gasteiger partial charge in [-0.05, 0) is 35.2 Å². The van der Waals surface area contributed by atoms with Gasteiger partial charge >= 0.3 is 0 Å². The Morgan fingerprint density at radius 2 is 1.74 bits per heavy atom. The van der Waals surface area contributed by atoms with Crippen molar-refractivity contribution < 1.29 is 33.0 Å². The molecule has 0 spiro atoms. The van der Waals surface area contributed by atoms with Crippen molar-refractivity contribution >= 4 is 22.7 Å². The quantitative estimate of drug-likeness (QED) is 0.385. The summed E-state index contributed by atoms with van der Waals surface area (Å²) in [6, 6.07) is 6.37. The van der Waals surface area contributed by atoms with E-state index in [1.165, 1.54) is 30.3 Å². The first-order valence-electron chi connectivity index (χ1n) is 10.9. The van der Waals surface area contributed by atoms with Gasteiger partial charge < -0.3 is 20.8 Å². The third-order valence-corrected chi connectivity index (χ3v) is 5.39. The first-order chi connectivity index (χ1) is 16.4. The number of amides is 2. The average molecular weight is 492 g/mol. The molecule has 0 radical (unpaired) electrons. The molecule has 8 nitrogen and oxygen atoms in total. The molecule has 2 atom stereocenters. The van der Waals surface area contributed by atoms with Crippen LogP contribution in [0.15, 0.2) is 36.4 Å². The lowest BCUT2D eigenvalue weighted by Crippen LogP contribution is -2.54. The van der Waals surface area contributed by atoms with Crippen molar-refractivity contribution in [3.05, 3.63) is 65.1 Å². The van der Waals surface area contributed by atoms with Gasteiger partial charge in [0.05, 0.1) is 19.3 Å². The highest BCUT2D eigenvalue weighted by Gasteiger charge is 2.34. The second-order valence-corrected chi connectivity index (χ2v) is 9.24. The molecule has 1 heterocycles. The van der Waals surface area contributed by atoms with E-state index in [0.717, 1.165) is 10.7 Å². The number of hydrogen-bond acceptors (Lipinski definition) is 5. The maximum Gasteiger partial charge on any atom is 0.273 e. The van der Waals surface area contributed by atoms with Gasteiger partial charge in [0.25, 0.3) is 5.91 Å². The zero-order chi connectivity index (χ0) is 25.9. The highest BCUT2D eigenvalue weighted by atomic mass is 19.2. The van der Waals surface area contributed by atoms with Crippen LogP contribution in [0.1, 0.15) is 36.8 Å². The third-order valence-electron chi connectivity index (χ3n) is 5.39. The van der Waals surface area contributed by atoms with Crippen LogP contribution in [-0.2, 0) is 11.3 Å². The minimum absolute atomic E-state index is 0.0345. The molecular formula is C24H27F3N4O4. The maximum atomic E-state index is 14.8. The summed E-state index contributed by atoms with van der Waals surface area (Å²) in [4.78, 5) is 25.9. The molecule has 188 valence electrons. The van der Waals surface area contributed by atoms with Crippen molar-refractivity contribution in [3.63, 3.8) is 0 Å². The molecule has 4 N–H and O–H groups in total. The van der Waals surface area contributed by atoms with Crippen molar-refractivity contribution in [2.24, 2.45) is 5.41 Å². The zero-order valence-electron chi connectivity index (χ0n) is 19.5. The van der Waals surface area contributed by atoms with E-state index in [1.807, 2.05) is 0 Å². The summed E-state index contributed by atoms with van der Waals surface area (Å²) in [6.45, 7) is 4.29. The number of carbonyl (C=O) groups excluding carboxylic acids is 2. The van der Waals surface area contributed by atoms with Crippen molar-refractivity contribution in [1.82, 2.24) is 20.4 Å². The van der Waals surface area contributed by atoms with E-state index in [1.54, 1.807) is 20.8 Å². The summed E-state index contributed by atoms with van der Waals surface area (Å²) < 4.78 is 43.2. The summed E-state index contributed by atoms with van der Waals surface area (Å²) >= 11 is 0. The SMILES string of the molecule is CC(C)(C)[C@H](NC(=O)c1nn(Cc2ccc(F)cc2)c2c(F)c(F)ccc12)C(=O)NC[C@@H](O)CO. The lowest BCUT2D eigenvalue weighted by molar-refractivity contribution is -0.125. The van der Waals surface area contributed by atoms with Gasteiger partial charge in [0, 0.05) is 11.9 Å². The standard InChI is InChI=1S/C24H27F3N4O4/c1-24(2,3)21(23(35)28-10-15(33)12-32)29-22(34)19-16-8-9-17(26)18(27)20(16)31(30-19)11-13-4-6-14(25)7-5-13/h4-9,15,21,32-33H,10-12H2,1-3H3,(H,28,35)(H,29,34)/t15-,21-/m1/s1. The second-order valence-electron chi connectivity index (χ2n) is 9.24. The number of aliphatic hydroxyl groups excluding tert-OH is 2. The summed E-state index contributed by atoms with van der Waals surface area (Å²) in [5.41, 5.74) is -0.699. The molecule has 11 heteroatoms. The van der Waals surface area contributed by atoms with Crippen LogP contribution in [-0.4, -0.2) is 57.1 Å². The minimum atomic E-state index is -1.20. The number of fused-ring (bicyclic) bond motifs is 1. The molecule has 0 aliphatic heterocycles. The molecule has 3 rings (SSSR count). The van der Waals surface area contributed by atoms with Crippen LogP contribution < -0.4 is 10.6 Å². The van der Waals surface area contributed by atoms with Gasteiger partial charge in [-0.1, -0.05) is 32.9 Å². The Bertz CT molecular complexity index is 1220. The number of aromatic nitrogens is 2. The number of carbonyl (C=O) groups is 2. The Labute approximate surface area is 199 Å². The Kier molecular flexibility index (Phi) is 7.81. The van der Waals surface area contributed by atoms with Crippen molar-refractivity contribution in [2.45, 2.75) is 39.5 Å². The fourth-order valence-electron chi connectivity index (χ4n) is 3.51. The largest absolute Gasteiger partial charge is 0.394 e. The summed E-state index contributed by atoms with van der Waals surface area (Å²) in [5, 5.41) is 27.7. The molecule has 2 amide bonds. The van der Waals surface area contributed by atoms with Gasteiger partial charge in [-0.25, -0.2) is 13.2 Å². The van der Waals surface area contributed by atoms with Gasteiger partial charge in [0.2, 0.25) is 5.91 Å². The molecule has 0 fully saturated rings. The third kappa shape index (κ3) is 5.98. The van der Waals surface area contributed by atoms with E-state index in [9.17, 15) is 27.9 Å². The molecule has 1 aromatic heterocycles. The fourth-order valence-corrected chi connectivity index (χ4v) is 3.51. The van der Waals surface area contributed by atoms with Gasteiger partial charge in [0.15, 0.2) is 17.3 Å². The van der Waals surface area contributed by atoms with Crippen LogP contribution in [0.5, 0.6) is 0 Å². The number of nitrogens with zero attached hydrogens (tertiary/aromatic N) is 2. The monoisotopic (exact) mass is 492 g/mol. The lowest BCUT2D eigenvalue weighted by Gasteiger charge is -2.30. The molecular weight excluding hydrogens is 465 g/mol. The first kappa shape index (κ1) is 26.2. The Hall–Kier alpha value is -3.44. The Morgan fingerprint density at radius 1 is 1.09 bits per heavy atom. The van der Waals surface area contributed by atoms with E-state index < -0.39 is 53.4 Å². The van der Waals surface area contributed by atoms with Gasteiger partial charge in [-0.3, -0.25) is 14.3 Å². The topological polar surface area (TPSA) is 116 Å². The molecule has 0 saturated carbocycles. The normalized spacial score (nSPS) is 13.5. The van der Waals surface area contributed by atoms with Gasteiger partial charge in [0.1, 0.15) is 17.4 Å². The molecule has 0 saturated heterocycles. The summed E-state index contributed by atoms with van der Waals surface area (Å²) in [6.07, 6.45) is -1.17. The van der Waals surface area contributed by atoms with Gasteiger partial charge in [-0.15, -0.1) is 0 Å². The van der Waals surface area contributed by atoms with Crippen LogP contribution in [0.4, 0.5) is 13.2 Å². The predicted molar refractivity (Wildman–Crippen MR) is 122 cm³/mol. The molecule has 2 aromatic carbocycles. The number of rotatable bonds is 8. The smallest absolute Gasteiger partial charge is 0.273 e. The lowest BCUT2D eigenvalue weighted by atomic mass is 9.86. The summed E-state index contributed by atoms with van der Waals surface area (Å²) in [7, 11) is 0. The molecule has 0 unspecified atom stereocenters. The highest BCUT2D eigenvalue weighted by Crippen LogP contribution is 2.26. The van der Waals surface area contributed by atoms with Crippen molar-refractivity contribution in [2.75, 3.05) is 13.2 Å². The fraction of sp³-hybridized carbons (Fsp3) is 0.375. The average Bonchev–Trinajstić information content (AvgIpc) is 3.17. The van der Waals surface area contributed by atoms with Crippen molar-refractivity contribution in [1.29, 1.82) is 0 Å². The zero-order valence-corrected chi connectivity index (χ0v) is 19.5. The van der Waals surface area contributed by atoms with Crippen LogP contribution in [0.2, 0.25) is 0 Å². The van der Waals surface area contributed by atoms with Crippen LogP contribution in [0, 0.1) is 22.9 Å². The minimum Gasteiger partial charge on any atom is -0.394 e. The summed E-state index contributed by atoms with van der Waals surface area (Å²) in [5.74, 6) is -4.19. The molecule has 35 heavy (non-hydrogen) atoms. The number of benzene rings is 2. The predicted octanol–water partition coefficient (Wildman–Crippen LogP) is 2.12. The van der Waals surface area contributed by atoms with E-state index in [2.05, 4.69) is 15.7 Å². The van der Waals surface area contributed by atoms with E-state index in [0.29, 0.717) is 5.56 Å². The van der Waals surface area contributed by atoms with Crippen LogP contribution in [0.25, 0.3) is 10.9 Å². The Morgan fingerprint density at radius 3 is 2.34 bits per heavy atom. The number of hydrogen-bond donors (Lipinski definition) is 4.